The molecule has 0 saturated carbocycles. The maximum absolute atomic E-state index is 11.9. The van der Waals surface area contributed by atoms with Crippen molar-refractivity contribution in [2.75, 3.05) is 6.61 Å². The van der Waals surface area contributed by atoms with Crippen molar-refractivity contribution in [3.05, 3.63) is 34.3 Å². The molecule has 0 fully saturated rings. The fraction of sp³-hybridized carbons (Fsp3) is 0.533. The second-order valence-electron chi connectivity index (χ2n) is 5.00. The number of hydrogen-bond donors (Lipinski definition) is 0. The molecule has 0 atom stereocenters. The Morgan fingerprint density at radius 1 is 1.28 bits per heavy atom. The van der Waals surface area contributed by atoms with Gasteiger partial charge in [-0.3, -0.25) is 4.79 Å². The zero-order valence-electron chi connectivity index (χ0n) is 11.3. The molecule has 0 aliphatic carbocycles. The van der Waals surface area contributed by atoms with Gasteiger partial charge in [-0.25, -0.2) is 0 Å². The molecular weight excluding hydrogens is 292 g/mol. The number of rotatable bonds is 7. The van der Waals surface area contributed by atoms with Crippen LogP contribution in [0.3, 0.4) is 0 Å². The summed E-state index contributed by atoms with van der Waals surface area (Å²) in [6.07, 6.45) is 2.30. The van der Waals surface area contributed by atoms with Crippen molar-refractivity contribution in [1.29, 1.82) is 0 Å². The highest BCUT2D eigenvalue weighted by Gasteiger charge is 2.15. The summed E-state index contributed by atoms with van der Waals surface area (Å²) in [5, 5.41) is 0. The number of benzene rings is 1. The Labute approximate surface area is 118 Å². The van der Waals surface area contributed by atoms with E-state index in [4.69, 9.17) is 4.74 Å². The van der Waals surface area contributed by atoms with Crippen molar-refractivity contribution >= 4 is 21.7 Å². The summed E-state index contributed by atoms with van der Waals surface area (Å²) in [5.74, 6) is 0.181. The SMILES string of the molecule is CCC(C)(C)OCCCC(=O)c1ccc(Br)cc1. The molecule has 0 aliphatic heterocycles. The molecule has 0 spiro atoms. The van der Waals surface area contributed by atoms with Crippen molar-refractivity contribution in [2.24, 2.45) is 0 Å². The summed E-state index contributed by atoms with van der Waals surface area (Å²) >= 11 is 3.36. The van der Waals surface area contributed by atoms with Gasteiger partial charge in [0.25, 0.3) is 0 Å². The third kappa shape index (κ3) is 5.32. The summed E-state index contributed by atoms with van der Waals surface area (Å²) in [6.45, 7) is 6.89. The van der Waals surface area contributed by atoms with E-state index in [9.17, 15) is 4.79 Å². The lowest BCUT2D eigenvalue weighted by Gasteiger charge is -2.23. The van der Waals surface area contributed by atoms with E-state index in [2.05, 4.69) is 36.7 Å². The van der Waals surface area contributed by atoms with Crippen LogP contribution in [0.2, 0.25) is 0 Å². The Morgan fingerprint density at radius 3 is 2.44 bits per heavy atom. The van der Waals surface area contributed by atoms with Crippen LogP contribution in [0, 0.1) is 0 Å². The molecule has 0 aliphatic rings. The fourth-order valence-electron chi connectivity index (χ4n) is 1.46. The Kier molecular flexibility index (Phi) is 6.03. The van der Waals surface area contributed by atoms with Gasteiger partial charge in [-0.1, -0.05) is 35.0 Å². The average Bonchev–Trinajstić information content (AvgIpc) is 2.35. The van der Waals surface area contributed by atoms with E-state index in [0.29, 0.717) is 13.0 Å². The van der Waals surface area contributed by atoms with Crippen molar-refractivity contribution in [3.8, 4) is 0 Å². The molecule has 1 aromatic rings. The first-order valence-electron chi connectivity index (χ1n) is 6.37. The summed E-state index contributed by atoms with van der Waals surface area (Å²) in [5.41, 5.74) is 0.689. The highest BCUT2D eigenvalue weighted by atomic mass is 79.9. The molecule has 3 heteroatoms. The number of ether oxygens (including phenoxy) is 1. The van der Waals surface area contributed by atoms with E-state index in [0.717, 1.165) is 22.9 Å². The molecule has 0 unspecified atom stereocenters. The van der Waals surface area contributed by atoms with E-state index >= 15 is 0 Å². The Balaban J connectivity index is 2.32. The van der Waals surface area contributed by atoms with Gasteiger partial charge in [-0.2, -0.15) is 0 Å². The highest BCUT2D eigenvalue weighted by molar-refractivity contribution is 9.10. The van der Waals surface area contributed by atoms with Crippen LogP contribution in [0.4, 0.5) is 0 Å². The standard InChI is InChI=1S/C15H21BrO2/c1-4-15(2,3)18-11-5-6-14(17)12-7-9-13(16)10-8-12/h7-10H,4-6,11H2,1-3H3. The summed E-state index contributed by atoms with van der Waals surface area (Å²) in [4.78, 5) is 11.9. The van der Waals surface area contributed by atoms with Crippen molar-refractivity contribution in [3.63, 3.8) is 0 Å². The van der Waals surface area contributed by atoms with Gasteiger partial charge in [0, 0.05) is 23.1 Å². The van der Waals surface area contributed by atoms with Crippen LogP contribution in [0.1, 0.15) is 50.4 Å². The van der Waals surface area contributed by atoms with Gasteiger partial charge < -0.3 is 4.74 Å². The molecular formula is C15H21BrO2. The largest absolute Gasteiger partial charge is 0.376 e. The first-order valence-corrected chi connectivity index (χ1v) is 7.16. The Morgan fingerprint density at radius 2 is 1.89 bits per heavy atom. The Hall–Kier alpha value is -0.670. The molecule has 2 nitrogen and oxygen atoms in total. The van der Waals surface area contributed by atoms with Crippen LogP contribution in [0.25, 0.3) is 0 Å². The number of halogens is 1. The minimum atomic E-state index is -0.0827. The lowest BCUT2D eigenvalue weighted by atomic mass is 10.1. The van der Waals surface area contributed by atoms with E-state index in [1.165, 1.54) is 0 Å². The quantitative estimate of drug-likeness (QED) is 0.542. The second-order valence-corrected chi connectivity index (χ2v) is 5.91. The first kappa shape index (κ1) is 15.4. The minimum absolute atomic E-state index is 0.0827. The monoisotopic (exact) mass is 312 g/mol. The number of hydrogen-bond acceptors (Lipinski definition) is 2. The topological polar surface area (TPSA) is 26.3 Å². The second kappa shape index (κ2) is 7.05. The van der Waals surface area contributed by atoms with Gasteiger partial charge in [0.1, 0.15) is 0 Å². The van der Waals surface area contributed by atoms with E-state index in [-0.39, 0.29) is 11.4 Å². The van der Waals surface area contributed by atoms with Crippen LogP contribution < -0.4 is 0 Å². The minimum Gasteiger partial charge on any atom is -0.376 e. The predicted octanol–water partition coefficient (Wildman–Crippen LogP) is 4.62. The van der Waals surface area contributed by atoms with Crippen LogP contribution in [0.5, 0.6) is 0 Å². The van der Waals surface area contributed by atoms with E-state index < -0.39 is 0 Å². The molecule has 18 heavy (non-hydrogen) atoms. The normalized spacial score (nSPS) is 11.6. The molecule has 0 bridgehead atoms. The van der Waals surface area contributed by atoms with Crippen molar-refractivity contribution in [1.82, 2.24) is 0 Å². The number of carbonyl (C=O) groups excluding carboxylic acids is 1. The van der Waals surface area contributed by atoms with Gasteiger partial charge in [0.15, 0.2) is 5.78 Å². The third-order valence-electron chi connectivity index (χ3n) is 3.06. The van der Waals surface area contributed by atoms with Gasteiger partial charge in [-0.15, -0.1) is 0 Å². The third-order valence-corrected chi connectivity index (χ3v) is 3.59. The lowest BCUT2D eigenvalue weighted by Crippen LogP contribution is -2.23. The molecule has 1 rings (SSSR count). The number of Topliss-reactive ketones (excluding diaryl/α,β-unsaturated/α-hetero) is 1. The fourth-order valence-corrected chi connectivity index (χ4v) is 1.73. The van der Waals surface area contributed by atoms with Crippen LogP contribution in [0.15, 0.2) is 28.7 Å². The van der Waals surface area contributed by atoms with Gasteiger partial charge in [0.2, 0.25) is 0 Å². The van der Waals surface area contributed by atoms with Crippen LogP contribution in [-0.2, 0) is 4.74 Å². The Bertz CT molecular complexity index is 382. The van der Waals surface area contributed by atoms with E-state index in [1.807, 2.05) is 24.3 Å². The maximum atomic E-state index is 11.9. The molecule has 1 aromatic carbocycles. The summed E-state index contributed by atoms with van der Waals surface area (Å²) < 4.78 is 6.72. The number of ketones is 1. The summed E-state index contributed by atoms with van der Waals surface area (Å²) in [7, 11) is 0. The molecule has 0 heterocycles. The molecule has 0 saturated heterocycles. The first-order chi connectivity index (χ1) is 8.44. The molecule has 0 radical (unpaired) electrons. The molecule has 0 aromatic heterocycles. The number of carbonyl (C=O) groups is 1. The maximum Gasteiger partial charge on any atom is 0.162 e. The molecule has 100 valence electrons. The predicted molar refractivity (Wildman–Crippen MR) is 78.0 cm³/mol. The van der Waals surface area contributed by atoms with Crippen molar-refractivity contribution in [2.45, 2.75) is 45.6 Å². The van der Waals surface area contributed by atoms with Crippen LogP contribution >= 0.6 is 15.9 Å². The average molecular weight is 313 g/mol. The molecule has 0 amide bonds. The zero-order chi connectivity index (χ0) is 13.6. The molecule has 0 N–H and O–H groups in total. The smallest absolute Gasteiger partial charge is 0.162 e. The van der Waals surface area contributed by atoms with E-state index in [1.54, 1.807) is 0 Å². The van der Waals surface area contributed by atoms with Gasteiger partial charge in [0.05, 0.1) is 5.60 Å². The van der Waals surface area contributed by atoms with Gasteiger partial charge in [-0.05, 0) is 38.8 Å². The zero-order valence-corrected chi connectivity index (χ0v) is 12.9. The van der Waals surface area contributed by atoms with Gasteiger partial charge >= 0.3 is 0 Å². The highest BCUT2D eigenvalue weighted by Crippen LogP contribution is 2.15. The summed E-state index contributed by atoms with van der Waals surface area (Å²) in [6, 6.07) is 7.49. The lowest BCUT2D eigenvalue weighted by molar-refractivity contribution is -0.0211. The van der Waals surface area contributed by atoms with Crippen molar-refractivity contribution < 1.29 is 9.53 Å². The van der Waals surface area contributed by atoms with Crippen LogP contribution in [-0.4, -0.2) is 18.0 Å².